The summed E-state index contributed by atoms with van der Waals surface area (Å²) in [6.07, 6.45) is 2.53. The Kier molecular flexibility index (Phi) is 2.73. The monoisotopic (exact) mass is 209 g/mol. The van der Waals surface area contributed by atoms with Gasteiger partial charge in [0, 0.05) is 6.54 Å². The first kappa shape index (κ1) is 10.2. The van der Waals surface area contributed by atoms with Crippen LogP contribution in [0.2, 0.25) is 0 Å². The van der Waals surface area contributed by atoms with Crippen molar-refractivity contribution in [1.82, 2.24) is 15.2 Å². The molecule has 1 atom stereocenters. The van der Waals surface area contributed by atoms with E-state index in [2.05, 4.69) is 10.3 Å². The van der Waals surface area contributed by atoms with Crippen LogP contribution in [-0.2, 0) is 11.3 Å². The molecule has 2 rings (SSSR count). The van der Waals surface area contributed by atoms with E-state index in [0.717, 1.165) is 18.7 Å². The third kappa shape index (κ3) is 2.02. The van der Waals surface area contributed by atoms with Gasteiger partial charge in [0.25, 0.3) is 0 Å². The molecular formula is C10H15N3O2. The molecule has 0 bridgehead atoms. The van der Waals surface area contributed by atoms with Crippen LogP contribution < -0.4 is 5.32 Å². The van der Waals surface area contributed by atoms with Crippen LogP contribution in [0.5, 0.6) is 0 Å². The molecule has 1 aromatic heterocycles. The van der Waals surface area contributed by atoms with Crippen LogP contribution in [0.15, 0.2) is 10.6 Å². The molecule has 0 aliphatic carbocycles. The molecule has 0 spiro atoms. The molecule has 1 fully saturated rings. The quantitative estimate of drug-likeness (QED) is 0.778. The number of hydrogen-bond donors (Lipinski definition) is 1. The summed E-state index contributed by atoms with van der Waals surface area (Å²) >= 11 is 0. The zero-order chi connectivity index (χ0) is 10.8. The predicted octanol–water partition coefficient (Wildman–Crippen LogP) is 0.303. The van der Waals surface area contributed by atoms with Gasteiger partial charge in [0.05, 0.1) is 18.8 Å². The zero-order valence-corrected chi connectivity index (χ0v) is 8.99. The topological polar surface area (TPSA) is 58.4 Å². The second-order valence-corrected chi connectivity index (χ2v) is 3.75. The number of likely N-dealkylation sites (tertiary alicyclic amines) is 1. The van der Waals surface area contributed by atoms with Crippen molar-refractivity contribution in [3.8, 4) is 0 Å². The van der Waals surface area contributed by atoms with E-state index in [1.54, 1.807) is 18.1 Å². The summed E-state index contributed by atoms with van der Waals surface area (Å²) in [5, 5.41) is 2.99. The average molecular weight is 209 g/mol. The SMILES string of the molecule is CNC1CCN(Cc2ncc(C)o2)C1=O. The van der Waals surface area contributed by atoms with Gasteiger partial charge in [-0.2, -0.15) is 0 Å². The first-order valence-electron chi connectivity index (χ1n) is 5.08. The number of rotatable bonds is 3. The van der Waals surface area contributed by atoms with Gasteiger partial charge in [-0.15, -0.1) is 0 Å². The van der Waals surface area contributed by atoms with Crippen molar-refractivity contribution >= 4 is 5.91 Å². The lowest BCUT2D eigenvalue weighted by atomic mass is 10.3. The third-order valence-electron chi connectivity index (χ3n) is 2.64. The van der Waals surface area contributed by atoms with E-state index < -0.39 is 0 Å². The first-order valence-corrected chi connectivity index (χ1v) is 5.08. The Morgan fingerprint density at radius 3 is 3.07 bits per heavy atom. The molecule has 0 saturated carbocycles. The van der Waals surface area contributed by atoms with Gasteiger partial charge in [-0.25, -0.2) is 4.98 Å². The third-order valence-corrected chi connectivity index (χ3v) is 2.64. The van der Waals surface area contributed by atoms with E-state index >= 15 is 0 Å². The Hall–Kier alpha value is -1.36. The van der Waals surface area contributed by atoms with E-state index in [1.165, 1.54) is 0 Å². The van der Waals surface area contributed by atoms with Crippen molar-refractivity contribution in [3.63, 3.8) is 0 Å². The van der Waals surface area contributed by atoms with Crippen molar-refractivity contribution < 1.29 is 9.21 Å². The average Bonchev–Trinajstić information content (AvgIpc) is 2.76. The first-order chi connectivity index (χ1) is 7.20. The van der Waals surface area contributed by atoms with Crippen molar-refractivity contribution in [2.45, 2.75) is 25.9 Å². The van der Waals surface area contributed by atoms with E-state index in [9.17, 15) is 4.79 Å². The lowest BCUT2D eigenvalue weighted by Gasteiger charge is -2.13. The normalized spacial score (nSPS) is 21.3. The molecule has 5 nitrogen and oxygen atoms in total. The fraction of sp³-hybridized carbons (Fsp3) is 0.600. The maximum atomic E-state index is 11.7. The number of hydrogen-bond acceptors (Lipinski definition) is 4. The van der Waals surface area contributed by atoms with Crippen LogP contribution in [0.1, 0.15) is 18.1 Å². The lowest BCUT2D eigenvalue weighted by Crippen LogP contribution is -2.35. The summed E-state index contributed by atoms with van der Waals surface area (Å²) in [6, 6.07) is -0.0407. The summed E-state index contributed by atoms with van der Waals surface area (Å²) in [6.45, 7) is 3.09. The number of nitrogens with one attached hydrogen (secondary N) is 1. The van der Waals surface area contributed by atoms with Crippen LogP contribution >= 0.6 is 0 Å². The minimum atomic E-state index is -0.0407. The molecule has 1 unspecified atom stereocenters. The molecular weight excluding hydrogens is 194 g/mol. The highest BCUT2D eigenvalue weighted by Crippen LogP contribution is 2.14. The molecule has 0 aromatic carbocycles. The minimum absolute atomic E-state index is 0.0407. The summed E-state index contributed by atoms with van der Waals surface area (Å²) in [5.41, 5.74) is 0. The number of likely N-dealkylation sites (N-methyl/N-ethyl adjacent to an activating group) is 1. The van der Waals surface area contributed by atoms with Crippen LogP contribution in [0.3, 0.4) is 0 Å². The largest absolute Gasteiger partial charge is 0.444 e. The highest BCUT2D eigenvalue weighted by Gasteiger charge is 2.30. The molecule has 1 N–H and O–H groups in total. The van der Waals surface area contributed by atoms with Gasteiger partial charge in [0.2, 0.25) is 11.8 Å². The standard InChI is InChI=1S/C10H15N3O2/c1-7-5-12-9(15-7)6-13-4-3-8(11-2)10(13)14/h5,8,11H,3-4,6H2,1-2H3. The Balaban J connectivity index is 1.99. The number of aromatic nitrogens is 1. The molecule has 15 heavy (non-hydrogen) atoms. The molecule has 1 aromatic rings. The smallest absolute Gasteiger partial charge is 0.240 e. The van der Waals surface area contributed by atoms with Crippen LogP contribution in [-0.4, -0.2) is 35.4 Å². The van der Waals surface area contributed by atoms with Crippen LogP contribution in [0.4, 0.5) is 0 Å². The Morgan fingerprint density at radius 1 is 1.73 bits per heavy atom. The minimum Gasteiger partial charge on any atom is -0.444 e. The van der Waals surface area contributed by atoms with Crippen molar-refractivity contribution in [2.75, 3.05) is 13.6 Å². The summed E-state index contributed by atoms with van der Waals surface area (Å²) in [7, 11) is 1.81. The highest BCUT2D eigenvalue weighted by atomic mass is 16.4. The summed E-state index contributed by atoms with van der Waals surface area (Å²) in [5.74, 6) is 1.52. The van der Waals surface area contributed by atoms with E-state index in [0.29, 0.717) is 12.4 Å². The maximum absolute atomic E-state index is 11.7. The van der Waals surface area contributed by atoms with Gasteiger partial charge in [0.15, 0.2) is 0 Å². The van der Waals surface area contributed by atoms with Gasteiger partial charge in [0.1, 0.15) is 5.76 Å². The van der Waals surface area contributed by atoms with E-state index in [4.69, 9.17) is 4.42 Å². The molecule has 1 aliphatic rings. The zero-order valence-electron chi connectivity index (χ0n) is 8.99. The van der Waals surface area contributed by atoms with Gasteiger partial charge < -0.3 is 14.6 Å². The fourth-order valence-electron chi connectivity index (χ4n) is 1.80. The summed E-state index contributed by atoms with van der Waals surface area (Å²) in [4.78, 5) is 17.6. The van der Waals surface area contributed by atoms with Crippen molar-refractivity contribution in [3.05, 3.63) is 17.8 Å². The number of aryl methyl sites for hydroxylation is 1. The van der Waals surface area contributed by atoms with Gasteiger partial charge in [-0.05, 0) is 20.4 Å². The summed E-state index contributed by atoms with van der Waals surface area (Å²) < 4.78 is 5.34. The van der Waals surface area contributed by atoms with E-state index in [1.807, 2.05) is 6.92 Å². The van der Waals surface area contributed by atoms with Gasteiger partial charge in [-0.3, -0.25) is 4.79 Å². The molecule has 5 heteroatoms. The number of carbonyl (C=O) groups is 1. The lowest BCUT2D eigenvalue weighted by molar-refractivity contribution is -0.130. The second-order valence-electron chi connectivity index (χ2n) is 3.75. The molecule has 1 saturated heterocycles. The van der Waals surface area contributed by atoms with Crippen molar-refractivity contribution in [1.29, 1.82) is 0 Å². The van der Waals surface area contributed by atoms with Crippen LogP contribution in [0.25, 0.3) is 0 Å². The molecule has 82 valence electrons. The predicted molar refractivity (Wildman–Crippen MR) is 54.1 cm³/mol. The number of carbonyl (C=O) groups excluding carboxylic acids is 1. The number of amides is 1. The fourth-order valence-corrected chi connectivity index (χ4v) is 1.80. The van der Waals surface area contributed by atoms with Crippen molar-refractivity contribution in [2.24, 2.45) is 0 Å². The molecule has 0 radical (unpaired) electrons. The maximum Gasteiger partial charge on any atom is 0.240 e. The number of nitrogens with zero attached hydrogens (tertiary/aromatic N) is 2. The molecule has 1 aliphatic heterocycles. The Labute approximate surface area is 88.5 Å². The second kappa shape index (κ2) is 4.02. The van der Waals surface area contributed by atoms with Gasteiger partial charge >= 0.3 is 0 Å². The van der Waals surface area contributed by atoms with Gasteiger partial charge in [-0.1, -0.05) is 0 Å². The molecule has 2 heterocycles. The van der Waals surface area contributed by atoms with E-state index in [-0.39, 0.29) is 11.9 Å². The Bertz CT molecular complexity index is 361. The number of oxazole rings is 1. The Morgan fingerprint density at radius 2 is 2.53 bits per heavy atom. The van der Waals surface area contributed by atoms with Crippen LogP contribution in [0, 0.1) is 6.92 Å². The molecule has 1 amide bonds. The highest BCUT2D eigenvalue weighted by molar-refractivity contribution is 5.83.